The first-order valence-electron chi connectivity index (χ1n) is 8.95. The standard InChI is InChI=1S/C20H20N2O5S2/c1-4-27-19(24)14-9-10-16-17(12-14)28-20(22(16)3)21-18(23)13-7-6-8-15(11-13)29(25,26)5-2/h6-12H,4-5H2,1-3H3. The first kappa shape index (κ1) is 20.9. The van der Waals surface area contributed by atoms with Gasteiger partial charge in [-0.05, 0) is 43.3 Å². The highest BCUT2D eigenvalue weighted by atomic mass is 32.2. The lowest BCUT2D eigenvalue weighted by Gasteiger charge is -2.02. The molecule has 1 amide bonds. The number of thiazole rings is 1. The number of esters is 1. The quantitative estimate of drug-likeness (QED) is 0.578. The van der Waals surface area contributed by atoms with Gasteiger partial charge in [0.05, 0.1) is 33.0 Å². The number of carbonyl (C=O) groups is 2. The predicted octanol–water partition coefficient (Wildman–Crippen LogP) is 2.95. The van der Waals surface area contributed by atoms with Gasteiger partial charge in [0.1, 0.15) is 0 Å². The number of ether oxygens (including phenoxy) is 1. The van der Waals surface area contributed by atoms with E-state index in [-0.39, 0.29) is 22.8 Å². The Kier molecular flexibility index (Phi) is 5.99. The molecule has 1 aromatic heterocycles. The maximum atomic E-state index is 12.6. The van der Waals surface area contributed by atoms with Crippen LogP contribution in [0.3, 0.4) is 0 Å². The number of hydrogen-bond donors (Lipinski definition) is 0. The number of hydrogen-bond acceptors (Lipinski definition) is 6. The van der Waals surface area contributed by atoms with Crippen molar-refractivity contribution in [2.45, 2.75) is 18.7 Å². The van der Waals surface area contributed by atoms with Crippen LogP contribution in [0.4, 0.5) is 0 Å². The minimum atomic E-state index is -3.41. The fourth-order valence-electron chi connectivity index (χ4n) is 2.72. The maximum Gasteiger partial charge on any atom is 0.338 e. The third-order valence-corrected chi connectivity index (χ3v) is 7.16. The van der Waals surface area contributed by atoms with Gasteiger partial charge in [-0.25, -0.2) is 13.2 Å². The van der Waals surface area contributed by atoms with Crippen LogP contribution >= 0.6 is 11.3 Å². The smallest absolute Gasteiger partial charge is 0.338 e. The summed E-state index contributed by atoms with van der Waals surface area (Å²) < 4.78 is 31.7. The van der Waals surface area contributed by atoms with Gasteiger partial charge in [0.25, 0.3) is 5.91 Å². The van der Waals surface area contributed by atoms with Crippen molar-refractivity contribution in [3.8, 4) is 0 Å². The third kappa shape index (κ3) is 4.30. The van der Waals surface area contributed by atoms with Gasteiger partial charge in [0, 0.05) is 12.6 Å². The Morgan fingerprint density at radius 2 is 1.86 bits per heavy atom. The average molecular weight is 433 g/mol. The fourth-order valence-corrected chi connectivity index (χ4v) is 4.70. The van der Waals surface area contributed by atoms with Gasteiger partial charge in [0.2, 0.25) is 0 Å². The Labute approximate surface area is 172 Å². The molecule has 0 unspecified atom stereocenters. The van der Waals surface area contributed by atoms with Crippen molar-refractivity contribution in [2.24, 2.45) is 12.0 Å². The van der Waals surface area contributed by atoms with Gasteiger partial charge >= 0.3 is 5.97 Å². The number of fused-ring (bicyclic) bond motifs is 1. The van der Waals surface area contributed by atoms with E-state index >= 15 is 0 Å². The number of aryl methyl sites for hydroxylation is 1. The molecule has 3 aromatic rings. The van der Waals surface area contributed by atoms with E-state index in [1.165, 1.54) is 35.6 Å². The molecule has 0 radical (unpaired) electrons. The van der Waals surface area contributed by atoms with Crippen molar-refractivity contribution in [2.75, 3.05) is 12.4 Å². The summed E-state index contributed by atoms with van der Waals surface area (Å²) in [4.78, 5) is 29.3. The molecule has 0 aliphatic heterocycles. The maximum absolute atomic E-state index is 12.6. The molecule has 9 heteroatoms. The highest BCUT2D eigenvalue weighted by Gasteiger charge is 2.15. The summed E-state index contributed by atoms with van der Waals surface area (Å²) >= 11 is 1.26. The lowest BCUT2D eigenvalue weighted by molar-refractivity contribution is 0.0526. The van der Waals surface area contributed by atoms with Gasteiger partial charge in [-0.2, -0.15) is 4.99 Å². The van der Waals surface area contributed by atoms with E-state index in [9.17, 15) is 18.0 Å². The summed E-state index contributed by atoms with van der Waals surface area (Å²) in [5, 5.41) is 0. The molecule has 3 rings (SSSR count). The van der Waals surface area contributed by atoms with Gasteiger partial charge in [-0.1, -0.05) is 24.3 Å². The zero-order valence-electron chi connectivity index (χ0n) is 16.2. The number of carbonyl (C=O) groups excluding carboxylic acids is 2. The first-order valence-corrected chi connectivity index (χ1v) is 11.4. The zero-order chi connectivity index (χ0) is 21.2. The van der Waals surface area contributed by atoms with E-state index in [4.69, 9.17) is 4.74 Å². The van der Waals surface area contributed by atoms with Crippen LogP contribution in [0, 0.1) is 0 Å². The van der Waals surface area contributed by atoms with E-state index < -0.39 is 21.7 Å². The molecule has 0 fully saturated rings. The van der Waals surface area contributed by atoms with E-state index in [1.54, 1.807) is 43.7 Å². The number of aromatic nitrogens is 1. The molecule has 0 aliphatic rings. The van der Waals surface area contributed by atoms with Gasteiger partial charge in [-0.3, -0.25) is 4.79 Å². The lowest BCUT2D eigenvalue weighted by Crippen LogP contribution is -2.13. The summed E-state index contributed by atoms with van der Waals surface area (Å²) in [6.07, 6.45) is 0. The topological polar surface area (TPSA) is 94.8 Å². The van der Waals surface area contributed by atoms with E-state index in [0.29, 0.717) is 10.4 Å². The Morgan fingerprint density at radius 3 is 2.55 bits per heavy atom. The summed E-state index contributed by atoms with van der Waals surface area (Å²) in [7, 11) is -1.64. The fraction of sp³-hybridized carbons (Fsp3) is 0.250. The summed E-state index contributed by atoms with van der Waals surface area (Å²) in [6, 6.07) is 11.0. The molecule has 0 saturated heterocycles. The van der Waals surface area contributed by atoms with Crippen LogP contribution in [0.15, 0.2) is 52.4 Å². The Morgan fingerprint density at radius 1 is 1.10 bits per heavy atom. The molecule has 0 saturated carbocycles. The Bertz CT molecular complexity index is 1270. The molecule has 0 N–H and O–H groups in total. The second kappa shape index (κ2) is 8.30. The van der Waals surface area contributed by atoms with Crippen LogP contribution in [0.2, 0.25) is 0 Å². The van der Waals surface area contributed by atoms with Crippen LogP contribution in [-0.2, 0) is 21.6 Å². The van der Waals surface area contributed by atoms with Crippen LogP contribution in [0.5, 0.6) is 0 Å². The van der Waals surface area contributed by atoms with Crippen LogP contribution < -0.4 is 4.80 Å². The average Bonchev–Trinajstić information content (AvgIpc) is 3.03. The van der Waals surface area contributed by atoms with Crippen LogP contribution in [0.1, 0.15) is 34.6 Å². The molecule has 0 atom stereocenters. The second-order valence-electron chi connectivity index (χ2n) is 6.19. The zero-order valence-corrected chi connectivity index (χ0v) is 17.8. The van der Waals surface area contributed by atoms with Crippen molar-refractivity contribution in [1.82, 2.24) is 4.57 Å². The van der Waals surface area contributed by atoms with Crippen molar-refractivity contribution in [1.29, 1.82) is 0 Å². The molecule has 1 heterocycles. The van der Waals surface area contributed by atoms with Crippen molar-refractivity contribution in [3.63, 3.8) is 0 Å². The molecule has 29 heavy (non-hydrogen) atoms. The van der Waals surface area contributed by atoms with Gasteiger partial charge < -0.3 is 9.30 Å². The third-order valence-electron chi connectivity index (χ3n) is 4.34. The number of benzene rings is 2. The number of nitrogens with zero attached hydrogens (tertiary/aromatic N) is 2. The van der Waals surface area contributed by atoms with Gasteiger partial charge in [-0.15, -0.1) is 0 Å². The molecule has 0 aliphatic carbocycles. The number of amides is 1. The van der Waals surface area contributed by atoms with Crippen molar-refractivity contribution >= 4 is 43.3 Å². The monoisotopic (exact) mass is 432 g/mol. The van der Waals surface area contributed by atoms with Crippen molar-refractivity contribution < 1.29 is 22.7 Å². The van der Waals surface area contributed by atoms with E-state index in [2.05, 4.69) is 4.99 Å². The summed E-state index contributed by atoms with van der Waals surface area (Å²) in [5.41, 5.74) is 1.44. The second-order valence-corrected chi connectivity index (χ2v) is 9.48. The molecule has 0 bridgehead atoms. The minimum absolute atomic E-state index is 0.0458. The predicted molar refractivity (Wildman–Crippen MR) is 111 cm³/mol. The van der Waals surface area contributed by atoms with Crippen LogP contribution in [-0.4, -0.2) is 37.2 Å². The Balaban J connectivity index is 2.02. The normalized spacial score (nSPS) is 12.3. The van der Waals surface area contributed by atoms with E-state index in [0.717, 1.165) is 10.2 Å². The highest BCUT2D eigenvalue weighted by Crippen LogP contribution is 2.19. The highest BCUT2D eigenvalue weighted by molar-refractivity contribution is 7.91. The van der Waals surface area contributed by atoms with Crippen LogP contribution in [0.25, 0.3) is 10.2 Å². The Hall–Kier alpha value is -2.78. The largest absolute Gasteiger partial charge is 0.462 e. The minimum Gasteiger partial charge on any atom is -0.462 e. The van der Waals surface area contributed by atoms with E-state index in [1.807, 2.05) is 0 Å². The first-order chi connectivity index (χ1) is 13.8. The number of sulfone groups is 1. The van der Waals surface area contributed by atoms with Gasteiger partial charge in [0.15, 0.2) is 14.6 Å². The summed E-state index contributed by atoms with van der Waals surface area (Å²) in [6.45, 7) is 3.58. The molecular formula is C20H20N2O5S2. The molecule has 7 nitrogen and oxygen atoms in total. The molecule has 0 spiro atoms. The molecule has 152 valence electrons. The number of rotatable bonds is 5. The molecule has 2 aromatic carbocycles. The SMILES string of the molecule is CCOC(=O)c1ccc2c(c1)sc(=NC(=O)c1cccc(S(=O)(=O)CC)c1)n2C. The molecular weight excluding hydrogens is 412 g/mol. The lowest BCUT2D eigenvalue weighted by atomic mass is 10.2. The summed E-state index contributed by atoms with van der Waals surface area (Å²) in [5.74, 6) is -0.990. The van der Waals surface area contributed by atoms with Crippen molar-refractivity contribution in [3.05, 3.63) is 58.4 Å².